The molecule has 258 valence electrons. The Kier molecular flexibility index (Phi) is 13.2. The normalized spacial score (nSPS) is 14.5. The fraction of sp³-hybridized carbons (Fsp3) is 0.474. The van der Waals surface area contributed by atoms with Crippen LogP contribution in [0.15, 0.2) is 66.7 Å². The number of nitrogens with one attached hydrogen (secondary N) is 1. The monoisotopic (exact) mass is 665 g/mol. The summed E-state index contributed by atoms with van der Waals surface area (Å²) >= 11 is 0. The Hall–Kier alpha value is -4.23. The molecular formula is C38H46F3N3O4. The summed E-state index contributed by atoms with van der Waals surface area (Å²) in [6.45, 7) is 7.17. The van der Waals surface area contributed by atoms with Crippen LogP contribution in [0.2, 0.25) is 0 Å². The van der Waals surface area contributed by atoms with Crippen LogP contribution >= 0.6 is 0 Å². The Labute approximate surface area is 282 Å². The highest BCUT2D eigenvalue weighted by atomic mass is 19.4. The van der Waals surface area contributed by atoms with Crippen LogP contribution in [0.1, 0.15) is 79.9 Å². The van der Waals surface area contributed by atoms with E-state index in [1.165, 1.54) is 6.07 Å². The molecule has 48 heavy (non-hydrogen) atoms. The largest absolute Gasteiger partial charge is 0.490 e. The number of hydrogen-bond donors (Lipinski definition) is 1. The van der Waals surface area contributed by atoms with Crippen molar-refractivity contribution >= 4 is 11.7 Å². The Morgan fingerprint density at radius 1 is 1.00 bits per heavy atom. The van der Waals surface area contributed by atoms with E-state index in [2.05, 4.69) is 43.1 Å². The van der Waals surface area contributed by atoms with Crippen molar-refractivity contribution in [3.05, 3.63) is 89.0 Å². The first kappa shape index (κ1) is 36.6. The number of alkyl halides is 3. The molecule has 1 aliphatic rings. The molecule has 1 N–H and O–H groups in total. The summed E-state index contributed by atoms with van der Waals surface area (Å²) in [4.78, 5) is 14.5. The van der Waals surface area contributed by atoms with Gasteiger partial charge in [0.15, 0.2) is 18.1 Å². The second-order valence-electron chi connectivity index (χ2n) is 12.4. The molecule has 10 heteroatoms. The Balaban J connectivity index is 1.34. The average molecular weight is 666 g/mol. The first-order chi connectivity index (χ1) is 23.1. The van der Waals surface area contributed by atoms with Crippen LogP contribution in [0.5, 0.6) is 11.5 Å². The zero-order chi connectivity index (χ0) is 34.6. The number of carbonyl (C=O) groups excluding carboxylic acids is 1. The van der Waals surface area contributed by atoms with Gasteiger partial charge < -0.3 is 24.4 Å². The fourth-order valence-corrected chi connectivity index (χ4v) is 6.53. The van der Waals surface area contributed by atoms with Crippen LogP contribution in [-0.2, 0) is 17.6 Å². The third kappa shape index (κ3) is 10.4. The predicted octanol–water partition coefficient (Wildman–Crippen LogP) is 8.05. The lowest BCUT2D eigenvalue weighted by molar-refractivity contribution is -0.153. The fourth-order valence-electron chi connectivity index (χ4n) is 6.53. The summed E-state index contributed by atoms with van der Waals surface area (Å²) in [7, 11) is 0. The smallest absolute Gasteiger partial charge is 0.422 e. The van der Waals surface area contributed by atoms with Crippen molar-refractivity contribution in [1.82, 2.24) is 5.32 Å². The predicted molar refractivity (Wildman–Crippen MR) is 181 cm³/mol. The van der Waals surface area contributed by atoms with Crippen molar-refractivity contribution in [3.8, 4) is 17.6 Å². The second kappa shape index (κ2) is 17.3. The van der Waals surface area contributed by atoms with E-state index in [1.54, 1.807) is 42.5 Å². The second-order valence-corrected chi connectivity index (χ2v) is 12.4. The van der Waals surface area contributed by atoms with Gasteiger partial charge in [-0.15, -0.1) is 0 Å². The van der Waals surface area contributed by atoms with Crippen molar-refractivity contribution in [3.63, 3.8) is 0 Å². The number of fused-ring (bicyclic) bond motifs is 1. The van der Waals surface area contributed by atoms with Crippen molar-refractivity contribution in [1.29, 1.82) is 5.26 Å². The molecule has 1 unspecified atom stereocenters. The molecule has 0 amide bonds. The third-order valence-electron chi connectivity index (χ3n) is 8.73. The molecule has 4 rings (SSSR count). The van der Waals surface area contributed by atoms with E-state index in [1.807, 2.05) is 12.1 Å². The minimum atomic E-state index is -4.43. The van der Waals surface area contributed by atoms with E-state index < -0.39 is 12.8 Å². The SMILES string of the molecule is CCCC(CC)(CCOc1ccccc1OCC(F)(F)F)N[C@H](C)Cc1cc(C#N)c2c(c1)CCN2CCCOC(=O)c1ccccc1. The summed E-state index contributed by atoms with van der Waals surface area (Å²) in [5.74, 6) is 0.0327. The number of rotatable bonds is 18. The van der Waals surface area contributed by atoms with Gasteiger partial charge in [-0.05, 0) is 86.9 Å². The summed E-state index contributed by atoms with van der Waals surface area (Å²) in [5, 5.41) is 13.9. The molecule has 0 aromatic heterocycles. The van der Waals surface area contributed by atoms with Gasteiger partial charge in [-0.1, -0.05) is 56.7 Å². The highest BCUT2D eigenvalue weighted by Crippen LogP contribution is 2.34. The van der Waals surface area contributed by atoms with Gasteiger partial charge in [0.05, 0.1) is 30.0 Å². The van der Waals surface area contributed by atoms with Crippen molar-refractivity contribution in [2.45, 2.75) is 83.5 Å². The highest BCUT2D eigenvalue weighted by molar-refractivity contribution is 5.89. The summed E-state index contributed by atoms with van der Waals surface area (Å²) < 4.78 is 54.6. The molecule has 0 saturated heterocycles. The van der Waals surface area contributed by atoms with Gasteiger partial charge >= 0.3 is 12.1 Å². The third-order valence-corrected chi connectivity index (χ3v) is 8.73. The molecule has 3 aromatic rings. The number of benzene rings is 3. The molecule has 0 radical (unpaired) electrons. The number of hydrogen-bond acceptors (Lipinski definition) is 7. The van der Waals surface area contributed by atoms with Crippen LogP contribution in [0.3, 0.4) is 0 Å². The van der Waals surface area contributed by atoms with Gasteiger partial charge in [-0.3, -0.25) is 0 Å². The zero-order valence-electron chi connectivity index (χ0n) is 28.1. The van der Waals surface area contributed by atoms with E-state index in [0.29, 0.717) is 49.5 Å². The number of nitriles is 1. The molecule has 0 spiro atoms. The van der Waals surface area contributed by atoms with Crippen LogP contribution in [0.4, 0.5) is 18.9 Å². The molecule has 2 atom stereocenters. The Morgan fingerprint density at radius 2 is 1.71 bits per heavy atom. The van der Waals surface area contributed by atoms with Crippen LogP contribution in [-0.4, -0.2) is 56.6 Å². The number of nitrogens with zero attached hydrogens (tertiary/aromatic N) is 2. The summed E-state index contributed by atoms with van der Waals surface area (Å²) in [5.41, 5.74) is 4.19. The number of carbonyl (C=O) groups is 1. The number of esters is 1. The number of halogens is 3. The lowest BCUT2D eigenvalue weighted by Gasteiger charge is -2.37. The number of para-hydroxylation sites is 2. The lowest BCUT2D eigenvalue weighted by Crippen LogP contribution is -2.50. The maximum absolute atomic E-state index is 12.7. The molecule has 1 aliphatic heterocycles. The van der Waals surface area contributed by atoms with Crippen LogP contribution in [0.25, 0.3) is 0 Å². The molecule has 0 bridgehead atoms. The maximum Gasteiger partial charge on any atom is 0.422 e. The zero-order valence-corrected chi connectivity index (χ0v) is 28.1. The maximum atomic E-state index is 12.7. The van der Waals surface area contributed by atoms with E-state index in [0.717, 1.165) is 55.5 Å². The van der Waals surface area contributed by atoms with E-state index in [-0.39, 0.29) is 23.3 Å². The van der Waals surface area contributed by atoms with Crippen molar-refractivity contribution < 1.29 is 32.2 Å². The average Bonchev–Trinajstić information content (AvgIpc) is 3.48. The Bertz CT molecular complexity index is 1530. The van der Waals surface area contributed by atoms with Gasteiger partial charge in [-0.25, -0.2) is 4.79 Å². The molecular weight excluding hydrogens is 619 g/mol. The van der Waals surface area contributed by atoms with Crippen molar-refractivity contribution in [2.24, 2.45) is 0 Å². The minimum Gasteiger partial charge on any atom is -0.490 e. The standard InChI is InChI=1S/C38H46F3N3O4/c1-4-17-37(5-2,18-22-46-33-14-9-10-15-34(33)48-27-38(39,40)41)43-28(3)23-29-24-31-16-20-44(35(31)32(25-29)26-42)19-11-21-47-36(45)30-12-7-6-8-13-30/h6-10,12-15,24-25,28,43H,4-5,11,16-23,27H2,1-3H3/t28-,37?/m1/s1. The van der Waals surface area contributed by atoms with E-state index >= 15 is 0 Å². The summed E-state index contributed by atoms with van der Waals surface area (Å²) in [6, 6.07) is 22.1. The van der Waals surface area contributed by atoms with E-state index in [4.69, 9.17) is 14.2 Å². The van der Waals surface area contributed by atoms with E-state index in [9.17, 15) is 23.2 Å². The lowest BCUT2D eigenvalue weighted by atomic mass is 9.86. The van der Waals surface area contributed by atoms with Crippen LogP contribution < -0.4 is 19.7 Å². The van der Waals surface area contributed by atoms with Crippen molar-refractivity contribution in [2.75, 3.05) is 37.8 Å². The highest BCUT2D eigenvalue weighted by Gasteiger charge is 2.31. The number of anilines is 1. The quantitative estimate of drug-likeness (QED) is 0.109. The molecule has 3 aromatic carbocycles. The summed E-state index contributed by atoms with van der Waals surface area (Å²) in [6.07, 6.45) is 1.20. The van der Waals surface area contributed by atoms with Gasteiger partial charge in [-0.2, -0.15) is 18.4 Å². The van der Waals surface area contributed by atoms with Crippen LogP contribution in [0, 0.1) is 11.3 Å². The first-order valence-electron chi connectivity index (χ1n) is 16.8. The molecule has 7 nitrogen and oxygen atoms in total. The topological polar surface area (TPSA) is 83.8 Å². The molecule has 0 saturated carbocycles. The Morgan fingerprint density at radius 3 is 2.38 bits per heavy atom. The van der Waals surface area contributed by atoms with Gasteiger partial charge in [0.2, 0.25) is 0 Å². The molecule has 0 fully saturated rings. The van der Waals surface area contributed by atoms with Gasteiger partial charge in [0.25, 0.3) is 0 Å². The minimum absolute atomic E-state index is 0.0729. The van der Waals surface area contributed by atoms with Gasteiger partial charge in [0, 0.05) is 24.7 Å². The number of ether oxygens (including phenoxy) is 3. The van der Waals surface area contributed by atoms with Gasteiger partial charge in [0.1, 0.15) is 6.07 Å². The first-order valence-corrected chi connectivity index (χ1v) is 16.8. The molecule has 0 aliphatic carbocycles. The molecule has 1 heterocycles.